The fourth-order valence-corrected chi connectivity index (χ4v) is 3.04. The zero-order valence-corrected chi connectivity index (χ0v) is 14.3. The van der Waals surface area contributed by atoms with Crippen LogP contribution in [-0.2, 0) is 6.42 Å². The minimum Gasteiger partial charge on any atom is -0.316 e. The smallest absolute Gasteiger partial charge is 0.316 e. The minimum absolute atomic E-state index is 0.262. The summed E-state index contributed by atoms with van der Waals surface area (Å²) < 4.78 is 0. The van der Waals surface area contributed by atoms with Gasteiger partial charge in [-0.25, -0.2) is 4.79 Å². The molecule has 1 heterocycles. The van der Waals surface area contributed by atoms with Gasteiger partial charge in [0, 0.05) is 16.4 Å². The first kappa shape index (κ1) is 16.8. The maximum Gasteiger partial charge on any atom is 0.323 e. The lowest BCUT2D eigenvalue weighted by molar-refractivity contribution is 0.262. The van der Waals surface area contributed by atoms with Crippen molar-refractivity contribution in [3.8, 4) is 0 Å². The van der Waals surface area contributed by atoms with Crippen molar-refractivity contribution < 1.29 is 4.79 Å². The third-order valence-corrected chi connectivity index (χ3v) is 4.57. The van der Waals surface area contributed by atoms with Crippen LogP contribution in [0.1, 0.15) is 18.4 Å². The average molecular weight is 344 g/mol. The third-order valence-electron chi connectivity index (χ3n) is 4.32. The van der Waals surface area contributed by atoms with E-state index in [1.54, 1.807) is 24.3 Å². The normalized spacial score (nSPS) is 16.8. The van der Waals surface area contributed by atoms with E-state index in [9.17, 15) is 4.79 Å². The molecular weight excluding hydrogens is 322 g/mol. The number of nitrogens with one attached hydrogen (secondary N) is 3. The van der Waals surface area contributed by atoms with Crippen LogP contribution in [0.25, 0.3) is 0 Å². The van der Waals surface area contributed by atoms with Crippen LogP contribution in [0.15, 0.2) is 48.5 Å². The molecule has 0 aliphatic carbocycles. The Morgan fingerprint density at radius 3 is 2.25 bits per heavy atom. The van der Waals surface area contributed by atoms with Gasteiger partial charge in [0.2, 0.25) is 0 Å². The summed E-state index contributed by atoms with van der Waals surface area (Å²) in [7, 11) is 0. The van der Waals surface area contributed by atoms with Gasteiger partial charge in [-0.2, -0.15) is 0 Å². The fourth-order valence-electron chi connectivity index (χ4n) is 2.91. The Bertz CT molecular complexity index is 664. The fraction of sp³-hybridized carbons (Fsp3) is 0.316. The Labute approximate surface area is 147 Å². The van der Waals surface area contributed by atoms with E-state index in [0.29, 0.717) is 10.7 Å². The molecule has 0 bridgehead atoms. The molecule has 1 unspecified atom stereocenters. The van der Waals surface area contributed by atoms with Crippen LogP contribution in [0.5, 0.6) is 0 Å². The molecule has 1 fully saturated rings. The van der Waals surface area contributed by atoms with Crippen molar-refractivity contribution in [2.75, 3.05) is 23.7 Å². The van der Waals surface area contributed by atoms with Crippen LogP contribution >= 0.6 is 11.6 Å². The molecule has 4 nitrogen and oxygen atoms in total. The molecule has 126 valence electrons. The summed E-state index contributed by atoms with van der Waals surface area (Å²) in [5.41, 5.74) is 2.80. The third kappa shape index (κ3) is 4.98. The number of halogens is 1. The molecule has 3 rings (SSSR count). The lowest BCUT2D eigenvalue weighted by atomic mass is 9.99. The van der Waals surface area contributed by atoms with E-state index in [0.717, 1.165) is 31.1 Å². The number of carbonyl (C=O) groups excluding carboxylic acids is 1. The predicted molar refractivity (Wildman–Crippen MR) is 99.8 cm³/mol. The van der Waals surface area contributed by atoms with E-state index in [-0.39, 0.29) is 6.03 Å². The van der Waals surface area contributed by atoms with Crippen molar-refractivity contribution in [3.63, 3.8) is 0 Å². The molecule has 2 aromatic carbocycles. The predicted octanol–water partition coefficient (Wildman–Crippen LogP) is 4.53. The first-order chi connectivity index (χ1) is 11.7. The molecule has 5 heteroatoms. The van der Waals surface area contributed by atoms with Crippen LogP contribution in [0, 0.1) is 5.92 Å². The topological polar surface area (TPSA) is 53.2 Å². The molecule has 1 aliphatic heterocycles. The summed E-state index contributed by atoms with van der Waals surface area (Å²) in [6.07, 6.45) is 3.59. The molecule has 0 aromatic heterocycles. The molecule has 1 aliphatic rings. The number of amides is 2. The van der Waals surface area contributed by atoms with Gasteiger partial charge in [-0.15, -0.1) is 0 Å². The van der Waals surface area contributed by atoms with Crippen LogP contribution in [0.2, 0.25) is 5.02 Å². The summed E-state index contributed by atoms with van der Waals surface area (Å²) >= 11 is 5.83. The highest BCUT2D eigenvalue weighted by Crippen LogP contribution is 2.18. The first-order valence-electron chi connectivity index (χ1n) is 8.32. The van der Waals surface area contributed by atoms with Gasteiger partial charge in [-0.1, -0.05) is 23.7 Å². The number of carbonyl (C=O) groups is 1. The molecule has 0 radical (unpaired) electrons. The molecule has 3 N–H and O–H groups in total. The maximum atomic E-state index is 12.0. The summed E-state index contributed by atoms with van der Waals surface area (Å²) in [6, 6.07) is 14.8. The zero-order valence-electron chi connectivity index (χ0n) is 13.5. The Morgan fingerprint density at radius 1 is 1.04 bits per heavy atom. The van der Waals surface area contributed by atoms with Crippen molar-refractivity contribution in [3.05, 3.63) is 59.1 Å². The highest BCUT2D eigenvalue weighted by atomic mass is 35.5. The van der Waals surface area contributed by atoms with E-state index in [4.69, 9.17) is 11.6 Å². The number of urea groups is 1. The van der Waals surface area contributed by atoms with Crippen LogP contribution in [0.4, 0.5) is 16.2 Å². The van der Waals surface area contributed by atoms with Gasteiger partial charge in [0.1, 0.15) is 0 Å². The van der Waals surface area contributed by atoms with Crippen molar-refractivity contribution in [1.29, 1.82) is 0 Å². The standard InChI is InChI=1S/C19H22ClN3O/c20-16-5-9-18(10-6-16)23-19(24)22-17-7-3-14(4-8-17)1-2-15-11-12-21-13-15/h3-10,15,21H,1-2,11-13H2,(H2,22,23,24). The van der Waals surface area contributed by atoms with Crippen molar-refractivity contribution >= 4 is 29.0 Å². The molecule has 0 spiro atoms. The Morgan fingerprint density at radius 2 is 1.67 bits per heavy atom. The lowest BCUT2D eigenvalue weighted by Crippen LogP contribution is -2.19. The number of rotatable bonds is 5. The van der Waals surface area contributed by atoms with Crippen LogP contribution in [0.3, 0.4) is 0 Å². The van der Waals surface area contributed by atoms with Crippen molar-refractivity contribution in [1.82, 2.24) is 5.32 Å². The Kier molecular flexibility index (Phi) is 5.72. The molecule has 2 aromatic rings. The van der Waals surface area contributed by atoms with Gasteiger partial charge in [0.15, 0.2) is 0 Å². The summed E-state index contributed by atoms with van der Waals surface area (Å²) in [6.45, 7) is 2.29. The SMILES string of the molecule is O=C(Nc1ccc(Cl)cc1)Nc1ccc(CCC2CCNC2)cc1. The second-order valence-electron chi connectivity index (χ2n) is 6.18. The lowest BCUT2D eigenvalue weighted by Gasteiger charge is -2.10. The Balaban J connectivity index is 1.47. The minimum atomic E-state index is -0.262. The van der Waals surface area contributed by atoms with Gasteiger partial charge in [0.25, 0.3) is 0 Å². The van der Waals surface area contributed by atoms with Crippen LogP contribution in [-0.4, -0.2) is 19.1 Å². The van der Waals surface area contributed by atoms with Gasteiger partial charge in [0.05, 0.1) is 0 Å². The second kappa shape index (κ2) is 8.18. The van der Waals surface area contributed by atoms with Crippen LogP contribution < -0.4 is 16.0 Å². The van der Waals surface area contributed by atoms with E-state index < -0.39 is 0 Å². The number of anilines is 2. The molecule has 24 heavy (non-hydrogen) atoms. The van der Waals surface area contributed by atoms with E-state index in [2.05, 4.69) is 28.1 Å². The van der Waals surface area contributed by atoms with E-state index >= 15 is 0 Å². The average Bonchev–Trinajstić information content (AvgIpc) is 3.10. The number of benzene rings is 2. The Hall–Kier alpha value is -2.04. The number of hydrogen-bond donors (Lipinski definition) is 3. The summed E-state index contributed by atoms with van der Waals surface area (Å²) in [4.78, 5) is 12.0. The van der Waals surface area contributed by atoms with E-state index in [1.807, 2.05) is 12.1 Å². The zero-order chi connectivity index (χ0) is 16.8. The largest absolute Gasteiger partial charge is 0.323 e. The van der Waals surface area contributed by atoms with E-state index in [1.165, 1.54) is 18.4 Å². The monoisotopic (exact) mass is 343 g/mol. The summed E-state index contributed by atoms with van der Waals surface area (Å²) in [5.74, 6) is 0.799. The highest BCUT2D eigenvalue weighted by molar-refractivity contribution is 6.30. The van der Waals surface area contributed by atoms with Gasteiger partial charge in [-0.05, 0) is 80.2 Å². The van der Waals surface area contributed by atoms with Gasteiger partial charge >= 0.3 is 6.03 Å². The molecule has 2 amide bonds. The molecule has 1 saturated heterocycles. The first-order valence-corrected chi connectivity index (χ1v) is 8.70. The van der Waals surface area contributed by atoms with Crippen molar-refractivity contribution in [2.45, 2.75) is 19.3 Å². The number of aryl methyl sites for hydroxylation is 1. The van der Waals surface area contributed by atoms with Gasteiger partial charge < -0.3 is 16.0 Å². The maximum absolute atomic E-state index is 12.0. The van der Waals surface area contributed by atoms with Crippen molar-refractivity contribution in [2.24, 2.45) is 5.92 Å². The molecule has 0 saturated carbocycles. The highest BCUT2D eigenvalue weighted by Gasteiger charge is 2.13. The molecule has 1 atom stereocenters. The summed E-state index contributed by atoms with van der Waals surface area (Å²) in [5, 5.41) is 9.66. The second-order valence-corrected chi connectivity index (χ2v) is 6.62. The number of hydrogen-bond acceptors (Lipinski definition) is 2. The van der Waals surface area contributed by atoms with Gasteiger partial charge in [-0.3, -0.25) is 0 Å². The molecular formula is C19H22ClN3O. The quantitative estimate of drug-likeness (QED) is 0.747.